The number of nitrogens with zero attached hydrogens (tertiary/aromatic N) is 1. The Labute approximate surface area is 111 Å². The van der Waals surface area contributed by atoms with Gasteiger partial charge in [-0.15, -0.1) is 0 Å². The van der Waals surface area contributed by atoms with Crippen molar-refractivity contribution in [2.24, 2.45) is 0 Å². The molecule has 1 N–H and O–H groups in total. The monoisotopic (exact) mass is 341 g/mol. The molecule has 0 bridgehead atoms. The maximum atomic E-state index is 11.0. The van der Waals surface area contributed by atoms with Gasteiger partial charge in [0.2, 0.25) is 0 Å². The van der Waals surface area contributed by atoms with Crippen LogP contribution < -0.4 is 4.74 Å². The van der Waals surface area contributed by atoms with Gasteiger partial charge in [0.05, 0.1) is 9.77 Å². The third-order valence-corrected chi connectivity index (χ3v) is 2.96. The van der Waals surface area contributed by atoms with Crippen molar-refractivity contribution >= 4 is 28.6 Å². The molecule has 1 heterocycles. The zero-order chi connectivity index (χ0) is 12.3. The third kappa shape index (κ3) is 2.73. The minimum absolute atomic E-state index is 0.0969. The highest BCUT2D eigenvalue weighted by Gasteiger charge is 2.12. The highest BCUT2D eigenvalue weighted by atomic mass is 127. The number of hydrogen-bond acceptors (Lipinski definition) is 3. The molecule has 0 fully saturated rings. The largest absolute Gasteiger partial charge is 0.478 e. The lowest BCUT2D eigenvalue weighted by atomic mass is 10.2. The van der Waals surface area contributed by atoms with Gasteiger partial charge in [-0.2, -0.15) is 0 Å². The Morgan fingerprint density at radius 3 is 2.71 bits per heavy atom. The lowest BCUT2D eigenvalue weighted by Crippen LogP contribution is -2.00. The SMILES string of the molecule is O=C(O)c1ccncc1Oc1ccccc1I. The molecule has 0 aliphatic heterocycles. The lowest BCUT2D eigenvalue weighted by molar-refractivity contribution is 0.0694. The number of carbonyl (C=O) groups is 1. The van der Waals surface area contributed by atoms with E-state index in [9.17, 15) is 4.79 Å². The minimum atomic E-state index is -1.03. The highest BCUT2D eigenvalue weighted by Crippen LogP contribution is 2.28. The van der Waals surface area contributed by atoms with Crippen molar-refractivity contribution < 1.29 is 14.6 Å². The fraction of sp³-hybridized carbons (Fsp3) is 0. The molecule has 0 aliphatic rings. The van der Waals surface area contributed by atoms with Crippen molar-refractivity contribution in [1.29, 1.82) is 0 Å². The van der Waals surface area contributed by atoms with Crippen LogP contribution in [0.15, 0.2) is 42.7 Å². The molecule has 0 aliphatic carbocycles. The molecule has 0 radical (unpaired) electrons. The highest BCUT2D eigenvalue weighted by molar-refractivity contribution is 14.1. The summed E-state index contributed by atoms with van der Waals surface area (Å²) in [6.07, 6.45) is 2.82. The van der Waals surface area contributed by atoms with Gasteiger partial charge in [-0.05, 0) is 40.8 Å². The van der Waals surface area contributed by atoms with E-state index in [1.165, 1.54) is 18.5 Å². The summed E-state index contributed by atoms with van der Waals surface area (Å²) < 4.78 is 6.46. The van der Waals surface area contributed by atoms with E-state index >= 15 is 0 Å². The maximum Gasteiger partial charge on any atom is 0.339 e. The van der Waals surface area contributed by atoms with Crippen LogP contribution >= 0.6 is 22.6 Å². The van der Waals surface area contributed by atoms with E-state index in [1.807, 2.05) is 18.2 Å². The number of benzene rings is 1. The normalized spacial score (nSPS) is 9.94. The average Bonchev–Trinajstić information content (AvgIpc) is 2.32. The fourth-order valence-electron chi connectivity index (χ4n) is 1.28. The van der Waals surface area contributed by atoms with E-state index in [-0.39, 0.29) is 11.3 Å². The molecule has 17 heavy (non-hydrogen) atoms. The Balaban J connectivity index is 2.37. The van der Waals surface area contributed by atoms with Gasteiger partial charge in [0.15, 0.2) is 5.75 Å². The van der Waals surface area contributed by atoms with Gasteiger partial charge >= 0.3 is 5.97 Å². The number of carboxylic acid groups (broad SMARTS) is 1. The van der Waals surface area contributed by atoms with Crippen molar-refractivity contribution in [2.75, 3.05) is 0 Å². The standard InChI is InChI=1S/C12H8INO3/c13-9-3-1-2-4-10(9)17-11-7-14-6-5-8(11)12(15)16/h1-7H,(H,15,16). The van der Waals surface area contributed by atoms with Crippen molar-refractivity contribution in [3.8, 4) is 11.5 Å². The Hall–Kier alpha value is -1.63. The van der Waals surface area contributed by atoms with Crippen LogP contribution in [0.2, 0.25) is 0 Å². The predicted molar refractivity (Wildman–Crippen MR) is 70.4 cm³/mol. The van der Waals surface area contributed by atoms with E-state index in [4.69, 9.17) is 9.84 Å². The van der Waals surface area contributed by atoms with Gasteiger partial charge in [0.25, 0.3) is 0 Å². The molecule has 0 amide bonds. The quantitative estimate of drug-likeness (QED) is 0.872. The van der Waals surface area contributed by atoms with Crippen LogP contribution in [0.1, 0.15) is 10.4 Å². The van der Waals surface area contributed by atoms with E-state index in [0.29, 0.717) is 5.75 Å². The Morgan fingerprint density at radius 2 is 2.00 bits per heavy atom. The first kappa shape index (κ1) is 11.8. The van der Waals surface area contributed by atoms with E-state index < -0.39 is 5.97 Å². The number of aromatic nitrogens is 1. The number of rotatable bonds is 3. The zero-order valence-electron chi connectivity index (χ0n) is 8.63. The smallest absolute Gasteiger partial charge is 0.339 e. The van der Waals surface area contributed by atoms with Gasteiger partial charge in [0, 0.05) is 6.20 Å². The maximum absolute atomic E-state index is 11.0. The molecule has 2 aromatic rings. The topological polar surface area (TPSA) is 59.4 Å². The van der Waals surface area contributed by atoms with E-state index in [1.54, 1.807) is 6.07 Å². The van der Waals surface area contributed by atoms with Crippen LogP contribution in [0.5, 0.6) is 11.5 Å². The summed E-state index contributed by atoms with van der Waals surface area (Å²) in [5, 5.41) is 9.00. The molecule has 5 heteroatoms. The second-order valence-corrected chi connectivity index (χ2v) is 4.37. The first-order chi connectivity index (χ1) is 8.18. The van der Waals surface area contributed by atoms with Gasteiger partial charge < -0.3 is 9.84 Å². The number of carboxylic acids is 1. The number of hydrogen-bond donors (Lipinski definition) is 1. The van der Waals surface area contributed by atoms with Gasteiger partial charge in [-0.3, -0.25) is 4.98 Å². The van der Waals surface area contributed by atoms with Crippen molar-refractivity contribution in [3.05, 3.63) is 51.9 Å². The lowest BCUT2D eigenvalue weighted by Gasteiger charge is -2.09. The molecule has 86 valence electrons. The summed E-state index contributed by atoms with van der Waals surface area (Å²) in [6, 6.07) is 8.78. The van der Waals surface area contributed by atoms with Crippen LogP contribution in [-0.4, -0.2) is 16.1 Å². The first-order valence-electron chi connectivity index (χ1n) is 4.78. The zero-order valence-corrected chi connectivity index (χ0v) is 10.8. The molecule has 1 aromatic heterocycles. The number of ether oxygens (including phenoxy) is 1. The third-order valence-electron chi connectivity index (χ3n) is 2.07. The van der Waals surface area contributed by atoms with Gasteiger partial charge in [-0.25, -0.2) is 4.79 Å². The summed E-state index contributed by atoms with van der Waals surface area (Å²) >= 11 is 2.12. The summed E-state index contributed by atoms with van der Waals surface area (Å²) in [7, 11) is 0. The predicted octanol–water partition coefficient (Wildman–Crippen LogP) is 3.18. The van der Waals surface area contributed by atoms with Crippen LogP contribution in [0, 0.1) is 3.57 Å². The van der Waals surface area contributed by atoms with Gasteiger partial charge in [0.1, 0.15) is 11.3 Å². The van der Waals surface area contributed by atoms with Crippen molar-refractivity contribution in [2.45, 2.75) is 0 Å². The molecule has 1 aromatic carbocycles. The minimum Gasteiger partial charge on any atom is -0.478 e. The van der Waals surface area contributed by atoms with E-state index in [2.05, 4.69) is 27.6 Å². The second-order valence-electron chi connectivity index (χ2n) is 3.21. The first-order valence-corrected chi connectivity index (χ1v) is 5.86. The summed E-state index contributed by atoms with van der Waals surface area (Å²) in [5.74, 6) is -0.180. The summed E-state index contributed by atoms with van der Waals surface area (Å²) in [6.45, 7) is 0. The van der Waals surface area contributed by atoms with Crippen molar-refractivity contribution in [3.63, 3.8) is 0 Å². The molecular weight excluding hydrogens is 333 g/mol. The number of pyridine rings is 1. The van der Waals surface area contributed by atoms with Crippen molar-refractivity contribution in [1.82, 2.24) is 4.98 Å². The average molecular weight is 341 g/mol. The molecule has 0 unspecified atom stereocenters. The van der Waals surface area contributed by atoms with E-state index in [0.717, 1.165) is 3.57 Å². The number of halogens is 1. The van der Waals surface area contributed by atoms with Crippen LogP contribution in [-0.2, 0) is 0 Å². The summed E-state index contributed by atoms with van der Waals surface area (Å²) in [5.41, 5.74) is 0.0969. The molecule has 0 spiro atoms. The molecular formula is C12H8INO3. The second kappa shape index (κ2) is 5.13. The Morgan fingerprint density at radius 1 is 1.24 bits per heavy atom. The molecule has 4 nitrogen and oxygen atoms in total. The molecule has 2 rings (SSSR count). The van der Waals surface area contributed by atoms with Crippen LogP contribution in [0.4, 0.5) is 0 Å². The fourth-order valence-corrected chi connectivity index (χ4v) is 1.78. The summed E-state index contributed by atoms with van der Waals surface area (Å²) in [4.78, 5) is 14.9. The van der Waals surface area contributed by atoms with Crippen LogP contribution in [0.25, 0.3) is 0 Å². The Bertz CT molecular complexity index is 557. The Kier molecular flexibility index (Phi) is 3.58. The molecule has 0 saturated carbocycles. The molecule has 0 atom stereocenters. The van der Waals surface area contributed by atoms with Crippen LogP contribution in [0.3, 0.4) is 0 Å². The number of aromatic carboxylic acids is 1. The van der Waals surface area contributed by atoms with Gasteiger partial charge in [-0.1, -0.05) is 12.1 Å². The number of para-hydroxylation sites is 1. The molecule has 0 saturated heterocycles.